The summed E-state index contributed by atoms with van der Waals surface area (Å²) in [6.07, 6.45) is 4.81. The second kappa shape index (κ2) is 12.7. The van der Waals surface area contributed by atoms with Crippen molar-refractivity contribution < 1.29 is 14.3 Å². The van der Waals surface area contributed by atoms with E-state index >= 15 is 0 Å². The summed E-state index contributed by atoms with van der Waals surface area (Å²) in [6, 6.07) is 15.3. The number of piperazine rings is 1. The van der Waals surface area contributed by atoms with E-state index in [1.54, 1.807) is 4.90 Å². The molecule has 0 bridgehead atoms. The van der Waals surface area contributed by atoms with Gasteiger partial charge < -0.3 is 29.1 Å². The van der Waals surface area contributed by atoms with Gasteiger partial charge in [0.25, 0.3) is 0 Å². The molecule has 3 fully saturated rings. The lowest BCUT2D eigenvalue weighted by Crippen LogP contribution is -2.55. The first-order valence-electron chi connectivity index (χ1n) is 16.2. The molecule has 2 aromatic carbocycles. The molecule has 7 rings (SSSR count). The Labute approximate surface area is 275 Å². The van der Waals surface area contributed by atoms with Crippen molar-refractivity contribution in [3.8, 4) is 12.1 Å². The molecule has 10 nitrogen and oxygen atoms in total. The van der Waals surface area contributed by atoms with E-state index in [1.807, 2.05) is 12.1 Å². The summed E-state index contributed by atoms with van der Waals surface area (Å²) in [5, 5.41) is 12.4. The fourth-order valence-corrected chi connectivity index (χ4v) is 7.48. The number of anilines is 2. The Bertz CT molecular complexity index is 1680. The first-order chi connectivity index (χ1) is 22.4. The van der Waals surface area contributed by atoms with Crippen molar-refractivity contribution in [3.05, 3.63) is 65.3 Å². The number of nitriles is 1. The highest BCUT2D eigenvalue weighted by atomic mass is 35.5. The highest BCUT2D eigenvalue weighted by molar-refractivity contribution is 6.36. The lowest BCUT2D eigenvalue weighted by atomic mass is 9.86. The number of aromatic nitrogens is 2. The zero-order valence-corrected chi connectivity index (χ0v) is 27.1. The molecule has 2 saturated heterocycles. The van der Waals surface area contributed by atoms with Crippen LogP contribution in [0.3, 0.4) is 0 Å². The van der Waals surface area contributed by atoms with Crippen molar-refractivity contribution in [2.24, 2.45) is 5.41 Å². The van der Waals surface area contributed by atoms with Crippen molar-refractivity contribution in [2.45, 2.75) is 44.3 Å². The molecular formula is C35H40ClN7O3. The molecule has 4 aliphatic rings. The predicted molar refractivity (Wildman–Crippen MR) is 178 cm³/mol. The van der Waals surface area contributed by atoms with Gasteiger partial charge in [-0.1, -0.05) is 42.4 Å². The van der Waals surface area contributed by atoms with Crippen LogP contribution >= 0.6 is 11.6 Å². The molecule has 1 unspecified atom stereocenters. The van der Waals surface area contributed by atoms with Gasteiger partial charge in [-0.25, -0.2) is 0 Å². The van der Waals surface area contributed by atoms with Gasteiger partial charge in [-0.05, 0) is 49.9 Å². The normalized spacial score (nSPS) is 20.7. The Hall–Kier alpha value is -3.91. The molecule has 0 N–H and O–H groups in total. The van der Waals surface area contributed by atoms with E-state index in [1.165, 1.54) is 18.9 Å². The minimum atomic E-state index is -0.259. The quantitative estimate of drug-likeness (QED) is 0.297. The minimum absolute atomic E-state index is 0.0862. The number of rotatable bonds is 10. The molecule has 3 aliphatic heterocycles. The van der Waals surface area contributed by atoms with Crippen LogP contribution in [-0.4, -0.2) is 97.4 Å². The minimum Gasteiger partial charge on any atom is -0.463 e. The molecule has 1 amide bonds. The Balaban J connectivity index is 1.21. The largest absolute Gasteiger partial charge is 0.463 e. The van der Waals surface area contributed by atoms with Gasteiger partial charge in [0.2, 0.25) is 5.91 Å². The Kier molecular flexibility index (Phi) is 8.49. The number of ether oxygens (including phenoxy) is 2. The number of benzene rings is 2. The number of fused-ring (bicyclic) bond motifs is 2. The number of amides is 1. The average molecular weight is 642 g/mol. The maximum Gasteiger partial charge on any atom is 0.318 e. The fourth-order valence-electron chi connectivity index (χ4n) is 7.20. The third-order valence-electron chi connectivity index (χ3n) is 9.84. The second-order valence-corrected chi connectivity index (χ2v) is 13.6. The van der Waals surface area contributed by atoms with E-state index in [2.05, 4.69) is 58.7 Å². The molecule has 11 heteroatoms. The highest BCUT2D eigenvalue weighted by Crippen LogP contribution is 2.38. The number of hydrogen-bond acceptors (Lipinski definition) is 9. The second-order valence-electron chi connectivity index (χ2n) is 13.2. The van der Waals surface area contributed by atoms with E-state index in [9.17, 15) is 10.1 Å². The monoisotopic (exact) mass is 641 g/mol. The number of carbonyl (C=O) groups excluding carboxylic acids is 1. The molecule has 1 aromatic heterocycles. The summed E-state index contributed by atoms with van der Waals surface area (Å²) < 4.78 is 12.1. The maximum absolute atomic E-state index is 12.6. The summed E-state index contributed by atoms with van der Waals surface area (Å²) in [5.41, 5.74) is 3.00. The van der Waals surface area contributed by atoms with Gasteiger partial charge in [0.15, 0.2) is 0 Å². The number of halogens is 1. The van der Waals surface area contributed by atoms with Crippen LogP contribution in [0.25, 0.3) is 10.8 Å². The summed E-state index contributed by atoms with van der Waals surface area (Å²) in [7, 11) is 2.19. The molecule has 0 spiro atoms. The highest BCUT2D eigenvalue weighted by Gasteiger charge is 2.43. The van der Waals surface area contributed by atoms with Crippen molar-refractivity contribution in [2.75, 3.05) is 69.4 Å². The van der Waals surface area contributed by atoms with Crippen molar-refractivity contribution >= 4 is 39.8 Å². The first kappa shape index (κ1) is 30.7. The molecular weight excluding hydrogens is 602 g/mol. The van der Waals surface area contributed by atoms with Crippen LogP contribution in [0, 0.1) is 16.7 Å². The average Bonchev–Trinajstić information content (AvgIpc) is 3.91. The van der Waals surface area contributed by atoms with Crippen LogP contribution in [0.5, 0.6) is 6.01 Å². The van der Waals surface area contributed by atoms with Gasteiger partial charge in [-0.15, -0.1) is 0 Å². The third kappa shape index (κ3) is 5.99. The van der Waals surface area contributed by atoms with Gasteiger partial charge >= 0.3 is 6.01 Å². The molecule has 0 radical (unpaired) electrons. The Morgan fingerprint density at radius 3 is 2.72 bits per heavy atom. The lowest BCUT2D eigenvalue weighted by molar-refractivity contribution is -0.143. The molecule has 1 saturated carbocycles. The van der Waals surface area contributed by atoms with Crippen LogP contribution in [0.1, 0.15) is 30.5 Å². The smallest absolute Gasteiger partial charge is 0.318 e. The first-order valence-corrected chi connectivity index (χ1v) is 16.5. The molecule has 4 heterocycles. The van der Waals surface area contributed by atoms with Gasteiger partial charge in [0, 0.05) is 55.4 Å². The Morgan fingerprint density at radius 1 is 1.20 bits per heavy atom. The van der Waals surface area contributed by atoms with Gasteiger partial charge in [-0.3, -0.25) is 4.79 Å². The zero-order chi connectivity index (χ0) is 31.8. The van der Waals surface area contributed by atoms with E-state index in [0.29, 0.717) is 58.1 Å². The molecule has 240 valence electrons. The van der Waals surface area contributed by atoms with Crippen molar-refractivity contribution in [1.82, 2.24) is 19.8 Å². The van der Waals surface area contributed by atoms with Gasteiger partial charge in [-0.2, -0.15) is 15.2 Å². The van der Waals surface area contributed by atoms with Gasteiger partial charge in [0.1, 0.15) is 12.4 Å². The summed E-state index contributed by atoms with van der Waals surface area (Å²) in [5.74, 6) is 0.681. The number of nitrogens with zero attached hydrogens (tertiary/aromatic N) is 7. The summed E-state index contributed by atoms with van der Waals surface area (Å²) in [6.45, 7) is 9.32. The SMILES string of the molecule is C=CC(=O)N1CCN(c2nc(OCC3(CN(C)C4CC4)COC3)nc3c2CCN(c2cccc4cccc(Cl)c24)C3)CC1CC#N. The van der Waals surface area contributed by atoms with Crippen LogP contribution < -0.4 is 14.5 Å². The van der Waals surface area contributed by atoms with Crippen molar-refractivity contribution in [1.29, 1.82) is 5.26 Å². The number of hydrogen-bond donors (Lipinski definition) is 0. The molecule has 1 atom stereocenters. The molecule has 46 heavy (non-hydrogen) atoms. The standard InChI is InChI=1S/C35H40ClN7O3/c1-3-31(44)43-17-16-42(18-26(43)12-14-37)33-27-13-15-41(30-9-5-7-24-6-4-8-28(36)32(24)30)19-29(27)38-34(39-33)46-23-35(21-45-22-35)20-40(2)25-10-11-25/h3-9,25-26H,1,10-13,15-23H2,2H3. The zero-order valence-electron chi connectivity index (χ0n) is 26.3. The molecule has 3 aromatic rings. The van der Waals surface area contributed by atoms with Crippen molar-refractivity contribution in [3.63, 3.8) is 0 Å². The topological polar surface area (TPSA) is 98.1 Å². The van der Waals surface area contributed by atoms with Crippen LogP contribution in [0.2, 0.25) is 5.02 Å². The van der Waals surface area contributed by atoms with E-state index < -0.39 is 0 Å². The van der Waals surface area contributed by atoms with Crippen LogP contribution in [0.15, 0.2) is 49.1 Å². The van der Waals surface area contributed by atoms with E-state index in [0.717, 1.165) is 58.1 Å². The van der Waals surface area contributed by atoms with Crippen LogP contribution in [-0.2, 0) is 22.5 Å². The van der Waals surface area contributed by atoms with E-state index in [4.69, 9.17) is 31.0 Å². The lowest BCUT2D eigenvalue weighted by Gasteiger charge is -2.43. The maximum atomic E-state index is 12.6. The summed E-state index contributed by atoms with van der Waals surface area (Å²) in [4.78, 5) is 31.4. The predicted octanol–water partition coefficient (Wildman–Crippen LogP) is 4.45. The van der Waals surface area contributed by atoms with Crippen LogP contribution in [0.4, 0.5) is 11.5 Å². The summed E-state index contributed by atoms with van der Waals surface area (Å²) >= 11 is 6.73. The third-order valence-corrected chi connectivity index (χ3v) is 10.2. The molecule has 1 aliphatic carbocycles. The fraction of sp³-hybridized carbons (Fsp3) is 0.486. The van der Waals surface area contributed by atoms with E-state index in [-0.39, 0.29) is 23.8 Å². The van der Waals surface area contributed by atoms with Gasteiger partial charge in [0.05, 0.1) is 54.4 Å². The Morgan fingerprint density at radius 2 is 2.00 bits per heavy atom. The number of carbonyl (C=O) groups is 1.